The normalized spacial score (nSPS) is 24.6. The molecule has 0 aromatic carbocycles. The largest absolute Gasteiger partial charge is 0.481 e. The van der Waals surface area contributed by atoms with Gasteiger partial charge in [-0.2, -0.15) is 0 Å². The first kappa shape index (κ1) is 16.8. The highest BCUT2D eigenvalue weighted by Crippen LogP contribution is 2.22. The molecule has 2 N–H and O–H groups in total. The molecule has 5 heteroatoms. The van der Waals surface area contributed by atoms with Crippen LogP contribution in [0, 0.1) is 11.8 Å². The number of carboxylic acid groups (broad SMARTS) is 1. The van der Waals surface area contributed by atoms with Crippen LogP contribution in [0.4, 0.5) is 4.79 Å². The fourth-order valence-electron chi connectivity index (χ4n) is 2.66. The number of nitrogens with one attached hydrogen (secondary N) is 1. The third kappa shape index (κ3) is 5.39. The standard InChI is InChI=1S/C15H28N2O3/c1-4-17(10-12(3)14(18)19)15(20)16-13-7-5-6-11(2)8-9-13/h11-13H,4-10H2,1-3H3,(H,16,20)(H,18,19). The second kappa shape index (κ2) is 8.12. The van der Waals surface area contributed by atoms with Gasteiger partial charge >= 0.3 is 12.0 Å². The number of carbonyl (C=O) groups is 2. The van der Waals surface area contributed by atoms with Crippen LogP contribution in [0.5, 0.6) is 0 Å². The predicted molar refractivity (Wildman–Crippen MR) is 78.6 cm³/mol. The molecule has 1 rings (SSSR count). The van der Waals surface area contributed by atoms with Gasteiger partial charge in [-0.15, -0.1) is 0 Å². The number of carbonyl (C=O) groups excluding carboxylic acids is 1. The van der Waals surface area contributed by atoms with Crippen molar-refractivity contribution >= 4 is 12.0 Å². The highest BCUT2D eigenvalue weighted by Gasteiger charge is 2.23. The Kier molecular flexibility index (Phi) is 6.82. The minimum Gasteiger partial charge on any atom is -0.481 e. The topological polar surface area (TPSA) is 69.6 Å². The van der Waals surface area contributed by atoms with E-state index in [0.29, 0.717) is 6.54 Å². The molecular weight excluding hydrogens is 256 g/mol. The molecule has 20 heavy (non-hydrogen) atoms. The van der Waals surface area contributed by atoms with E-state index < -0.39 is 11.9 Å². The summed E-state index contributed by atoms with van der Waals surface area (Å²) in [5.41, 5.74) is 0. The van der Waals surface area contributed by atoms with E-state index in [0.717, 1.165) is 31.6 Å². The molecule has 0 aromatic heterocycles. The van der Waals surface area contributed by atoms with Crippen LogP contribution in [0.2, 0.25) is 0 Å². The van der Waals surface area contributed by atoms with Crippen LogP contribution in [0.25, 0.3) is 0 Å². The Morgan fingerprint density at radius 2 is 2.00 bits per heavy atom. The summed E-state index contributed by atoms with van der Waals surface area (Å²) in [6.07, 6.45) is 5.60. The molecule has 5 nitrogen and oxygen atoms in total. The molecule has 2 amide bonds. The van der Waals surface area contributed by atoms with Crippen molar-refractivity contribution in [1.29, 1.82) is 0 Å². The van der Waals surface area contributed by atoms with E-state index in [1.165, 1.54) is 6.42 Å². The summed E-state index contributed by atoms with van der Waals surface area (Å²) in [5, 5.41) is 12.0. The number of amides is 2. The predicted octanol–water partition coefficient (Wildman–Crippen LogP) is 2.71. The van der Waals surface area contributed by atoms with Gasteiger partial charge in [-0.05, 0) is 32.1 Å². The van der Waals surface area contributed by atoms with Crippen LogP contribution in [0.1, 0.15) is 52.9 Å². The summed E-state index contributed by atoms with van der Waals surface area (Å²) < 4.78 is 0. The number of hydrogen-bond donors (Lipinski definition) is 2. The molecule has 0 bridgehead atoms. The molecule has 3 unspecified atom stereocenters. The Bertz CT molecular complexity index is 333. The van der Waals surface area contributed by atoms with Crippen molar-refractivity contribution < 1.29 is 14.7 Å². The van der Waals surface area contributed by atoms with Crippen LogP contribution in [0.15, 0.2) is 0 Å². The van der Waals surface area contributed by atoms with E-state index in [1.807, 2.05) is 6.92 Å². The van der Waals surface area contributed by atoms with Crippen molar-refractivity contribution in [3.8, 4) is 0 Å². The van der Waals surface area contributed by atoms with Gasteiger partial charge in [0.2, 0.25) is 0 Å². The zero-order valence-corrected chi connectivity index (χ0v) is 12.9. The molecule has 1 aliphatic carbocycles. The fourth-order valence-corrected chi connectivity index (χ4v) is 2.66. The summed E-state index contributed by atoms with van der Waals surface area (Å²) in [5.74, 6) is -0.652. The Hall–Kier alpha value is -1.26. The Morgan fingerprint density at radius 3 is 2.60 bits per heavy atom. The zero-order chi connectivity index (χ0) is 15.1. The summed E-state index contributed by atoms with van der Waals surface area (Å²) in [7, 11) is 0. The average molecular weight is 284 g/mol. The molecule has 116 valence electrons. The number of aliphatic carboxylic acids is 1. The van der Waals surface area contributed by atoms with Gasteiger partial charge in [0.1, 0.15) is 0 Å². The minimum atomic E-state index is -0.862. The van der Waals surface area contributed by atoms with E-state index in [4.69, 9.17) is 5.11 Å². The molecule has 0 spiro atoms. The summed E-state index contributed by atoms with van der Waals surface area (Å²) in [6, 6.07) is 0.113. The monoisotopic (exact) mass is 284 g/mol. The molecule has 3 atom stereocenters. The van der Waals surface area contributed by atoms with Crippen molar-refractivity contribution in [3.63, 3.8) is 0 Å². The first-order valence-electron chi connectivity index (χ1n) is 7.72. The maximum atomic E-state index is 12.2. The Labute approximate surface area is 121 Å². The zero-order valence-electron chi connectivity index (χ0n) is 12.9. The molecule has 1 fully saturated rings. The van der Waals surface area contributed by atoms with Gasteiger partial charge < -0.3 is 15.3 Å². The number of hydrogen-bond acceptors (Lipinski definition) is 2. The maximum Gasteiger partial charge on any atom is 0.317 e. The first-order valence-corrected chi connectivity index (χ1v) is 7.72. The third-order valence-electron chi connectivity index (χ3n) is 4.17. The minimum absolute atomic E-state index is 0.125. The van der Waals surface area contributed by atoms with E-state index in [9.17, 15) is 9.59 Å². The second-order valence-electron chi connectivity index (χ2n) is 6.04. The van der Waals surface area contributed by atoms with Crippen molar-refractivity contribution in [2.24, 2.45) is 11.8 Å². The van der Waals surface area contributed by atoms with E-state index in [-0.39, 0.29) is 18.6 Å². The quantitative estimate of drug-likeness (QED) is 0.763. The molecule has 0 aliphatic heterocycles. The van der Waals surface area contributed by atoms with Gasteiger partial charge in [0.25, 0.3) is 0 Å². The van der Waals surface area contributed by atoms with E-state index in [2.05, 4.69) is 12.2 Å². The fraction of sp³-hybridized carbons (Fsp3) is 0.867. The van der Waals surface area contributed by atoms with Crippen LogP contribution in [-0.2, 0) is 4.79 Å². The van der Waals surface area contributed by atoms with Gasteiger partial charge in [0.15, 0.2) is 0 Å². The van der Waals surface area contributed by atoms with Gasteiger partial charge in [-0.3, -0.25) is 4.79 Å². The molecule has 0 saturated heterocycles. The van der Waals surface area contributed by atoms with Crippen molar-refractivity contribution in [3.05, 3.63) is 0 Å². The Balaban J connectivity index is 2.47. The van der Waals surface area contributed by atoms with Crippen molar-refractivity contribution in [2.45, 2.75) is 58.9 Å². The SMILES string of the molecule is CCN(CC(C)C(=O)O)C(=O)NC1CCCC(C)CC1. The third-order valence-corrected chi connectivity index (χ3v) is 4.17. The van der Waals surface area contributed by atoms with Gasteiger partial charge in [0, 0.05) is 19.1 Å². The van der Waals surface area contributed by atoms with Crippen LogP contribution in [0.3, 0.4) is 0 Å². The Morgan fingerprint density at radius 1 is 1.30 bits per heavy atom. The highest BCUT2D eigenvalue weighted by molar-refractivity contribution is 5.76. The van der Waals surface area contributed by atoms with Gasteiger partial charge in [0.05, 0.1) is 5.92 Å². The molecule has 0 aromatic rings. The molecule has 1 aliphatic rings. The molecule has 0 radical (unpaired) electrons. The number of carboxylic acids is 1. The highest BCUT2D eigenvalue weighted by atomic mass is 16.4. The molecule has 1 saturated carbocycles. The van der Waals surface area contributed by atoms with Crippen LogP contribution in [-0.4, -0.2) is 41.1 Å². The lowest BCUT2D eigenvalue weighted by Gasteiger charge is -2.26. The van der Waals surface area contributed by atoms with Crippen molar-refractivity contribution in [1.82, 2.24) is 10.2 Å². The average Bonchev–Trinajstić information content (AvgIpc) is 2.60. The van der Waals surface area contributed by atoms with Gasteiger partial charge in [-0.25, -0.2) is 4.79 Å². The number of nitrogens with zero attached hydrogens (tertiary/aromatic N) is 1. The molecular formula is C15H28N2O3. The lowest BCUT2D eigenvalue weighted by molar-refractivity contribution is -0.141. The lowest BCUT2D eigenvalue weighted by Crippen LogP contribution is -2.46. The smallest absolute Gasteiger partial charge is 0.317 e. The van der Waals surface area contributed by atoms with Crippen LogP contribution >= 0.6 is 0 Å². The van der Waals surface area contributed by atoms with E-state index in [1.54, 1.807) is 11.8 Å². The maximum absolute atomic E-state index is 12.2. The van der Waals surface area contributed by atoms with Crippen molar-refractivity contribution in [2.75, 3.05) is 13.1 Å². The number of rotatable bonds is 5. The summed E-state index contributed by atoms with van der Waals surface area (Å²) in [4.78, 5) is 24.7. The van der Waals surface area contributed by atoms with Gasteiger partial charge in [-0.1, -0.05) is 26.7 Å². The molecule has 0 heterocycles. The second-order valence-corrected chi connectivity index (χ2v) is 6.04. The first-order chi connectivity index (χ1) is 9.43. The lowest BCUT2D eigenvalue weighted by atomic mass is 10.0. The van der Waals surface area contributed by atoms with Crippen LogP contribution < -0.4 is 5.32 Å². The summed E-state index contributed by atoms with van der Waals surface area (Å²) >= 11 is 0. The summed E-state index contributed by atoms with van der Waals surface area (Å²) in [6.45, 7) is 6.57. The number of urea groups is 1. The van der Waals surface area contributed by atoms with E-state index >= 15 is 0 Å².